The third-order valence-corrected chi connectivity index (χ3v) is 21.5. The molecule has 0 saturated heterocycles. The van der Waals surface area contributed by atoms with E-state index in [2.05, 4.69) is 238 Å². The number of Topliss-reactive ketones (excluding diaryl/α,β-unsaturated/α-hetero) is 1. The van der Waals surface area contributed by atoms with Gasteiger partial charge in [0.15, 0.2) is 0 Å². The third-order valence-electron chi connectivity index (χ3n) is 21.5. The smallest absolute Gasteiger partial charge is 0.469 e. The molecule has 29 heteroatoms. The SMILES string of the molecule is CCC(=O)CCCNCCCC(C)C.COC(=O)CCC(C)(C)CCNCCCC(C)C.COC(=O)CCCCCNCCCC(C)C.COC(=O)CCCCNCCCC(C)C.COC(=O)CCCNCCCC(C)C.COC(=O)CCCNCCCC(C)C.COC(=O)OCC(C)(C)CCNCCCC(C)C.COC(=O)OCCCNCCCC(C)C.COC(=O)OCCNCCCC(C)C. The highest BCUT2D eigenvalue weighted by Crippen LogP contribution is 2.26. The highest BCUT2D eigenvalue weighted by Gasteiger charge is 2.21. The van der Waals surface area contributed by atoms with Crippen LogP contribution in [-0.4, -0.2) is 249 Å². The average Bonchev–Trinajstić information content (AvgIpc) is 0.932. The zero-order valence-electron chi connectivity index (χ0n) is 95.4. The van der Waals surface area contributed by atoms with Crippen LogP contribution in [0.5, 0.6) is 0 Å². The molecule has 0 aliphatic heterocycles. The predicted molar refractivity (Wildman–Crippen MR) is 574 cm³/mol. The van der Waals surface area contributed by atoms with E-state index >= 15 is 0 Å². The van der Waals surface area contributed by atoms with Crippen LogP contribution in [-0.2, 0) is 80.9 Å². The summed E-state index contributed by atoms with van der Waals surface area (Å²) >= 11 is 0. The second-order valence-corrected chi connectivity index (χ2v) is 41.0. The van der Waals surface area contributed by atoms with Crippen molar-refractivity contribution in [3.8, 4) is 0 Å². The normalized spacial score (nSPS) is 10.9. The minimum atomic E-state index is -0.617. The molecule has 0 bridgehead atoms. The molecule has 0 saturated carbocycles. The number of methoxy groups -OCH3 is 8. The number of hydrogen-bond donors (Lipinski definition) is 9. The van der Waals surface area contributed by atoms with Gasteiger partial charge < -0.3 is 100.0 Å². The first-order chi connectivity index (χ1) is 65.4. The number of nitrogens with one attached hydrogen (secondary N) is 9. The fourth-order valence-electron chi connectivity index (χ4n) is 12.4. The Morgan fingerprint density at radius 3 is 0.710 bits per heavy atom. The molecule has 0 aromatic heterocycles. The molecule has 0 radical (unpaired) electrons. The maximum absolute atomic E-state index is 11.1. The lowest BCUT2D eigenvalue weighted by Crippen LogP contribution is -2.28. The summed E-state index contributed by atoms with van der Waals surface area (Å²) in [6.07, 6.45) is 36.5. The molecular formula is C109H227N9O20. The van der Waals surface area contributed by atoms with E-state index in [0.717, 1.165) is 254 Å². The van der Waals surface area contributed by atoms with Gasteiger partial charge in [0.2, 0.25) is 0 Å². The molecule has 0 heterocycles. The largest absolute Gasteiger partial charge is 0.508 e. The van der Waals surface area contributed by atoms with Gasteiger partial charge in [-0.05, 0) is 356 Å². The van der Waals surface area contributed by atoms with E-state index in [1.807, 2.05) is 6.92 Å². The Morgan fingerprint density at radius 1 is 0.210 bits per heavy atom. The summed E-state index contributed by atoms with van der Waals surface area (Å²) in [6.45, 7) is 70.1. The highest BCUT2D eigenvalue weighted by atomic mass is 16.7. The number of unbranched alkanes of at least 4 members (excludes halogenated alkanes) is 3. The van der Waals surface area contributed by atoms with Gasteiger partial charge >= 0.3 is 48.3 Å². The molecule has 0 unspecified atom stereocenters. The molecule has 0 aliphatic carbocycles. The van der Waals surface area contributed by atoms with Gasteiger partial charge in [-0.1, -0.05) is 166 Å². The first-order valence-electron chi connectivity index (χ1n) is 53.7. The predicted octanol–water partition coefficient (Wildman–Crippen LogP) is 22.4. The fraction of sp³-hybridized carbons (Fsp3) is 0.917. The number of rotatable bonds is 78. The number of ketones is 1. The Balaban J connectivity index is -0.000000194. The third kappa shape index (κ3) is 156. The van der Waals surface area contributed by atoms with E-state index < -0.39 is 18.5 Å². The van der Waals surface area contributed by atoms with Gasteiger partial charge in [-0.3, -0.25) is 28.8 Å². The Morgan fingerprint density at radius 2 is 0.428 bits per heavy atom. The molecule has 9 N–H and O–H groups in total. The second-order valence-electron chi connectivity index (χ2n) is 41.0. The Bertz CT molecular complexity index is 2380. The molecule has 0 atom stereocenters. The van der Waals surface area contributed by atoms with Crippen molar-refractivity contribution in [3.63, 3.8) is 0 Å². The van der Waals surface area contributed by atoms with E-state index in [4.69, 9.17) is 14.2 Å². The molecule has 0 amide bonds. The molecule has 0 aromatic carbocycles. The monoisotopic (exact) mass is 1980 g/mol. The van der Waals surface area contributed by atoms with Crippen LogP contribution in [0.3, 0.4) is 0 Å². The quantitative estimate of drug-likeness (QED) is 0.0155. The first-order valence-corrected chi connectivity index (χ1v) is 53.7. The molecule has 0 rings (SSSR count). The van der Waals surface area contributed by atoms with Crippen LogP contribution in [0.15, 0.2) is 0 Å². The van der Waals surface area contributed by atoms with Gasteiger partial charge in [-0.25, -0.2) is 14.4 Å². The van der Waals surface area contributed by atoms with Gasteiger partial charge in [0.25, 0.3) is 0 Å². The Labute approximate surface area is 848 Å². The molecular weight excluding hydrogens is 1760 g/mol. The summed E-state index contributed by atoms with van der Waals surface area (Å²) in [4.78, 5) is 97.1. The van der Waals surface area contributed by atoms with Crippen LogP contribution in [0.1, 0.15) is 397 Å². The lowest BCUT2D eigenvalue weighted by atomic mass is 9.84. The number of esters is 5. The Kier molecular flexibility index (Phi) is 127. The number of carbonyl (C=O) groups excluding carboxylic acids is 9. The van der Waals surface area contributed by atoms with Gasteiger partial charge in [-0.2, -0.15) is 0 Å². The van der Waals surface area contributed by atoms with Crippen molar-refractivity contribution >= 4 is 54.1 Å². The summed E-state index contributed by atoms with van der Waals surface area (Å²) in [5, 5.41) is 30.2. The number of hydrogen-bond acceptors (Lipinski definition) is 29. The van der Waals surface area contributed by atoms with E-state index in [0.29, 0.717) is 70.7 Å². The molecule has 0 fully saturated rings. The molecule has 29 nitrogen and oxygen atoms in total. The fourth-order valence-corrected chi connectivity index (χ4v) is 12.4. The van der Waals surface area contributed by atoms with Crippen LogP contribution in [0.4, 0.5) is 14.4 Å². The lowest BCUT2D eigenvalue weighted by molar-refractivity contribution is -0.142. The van der Waals surface area contributed by atoms with Crippen molar-refractivity contribution in [2.75, 3.05) is 195 Å². The second kappa shape index (κ2) is 117. The number of carbonyl (C=O) groups is 9. The van der Waals surface area contributed by atoms with Crippen molar-refractivity contribution in [2.45, 2.75) is 397 Å². The van der Waals surface area contributed by atoms with Crippen LogP contribution in [0.25, 0.3) is 0 Å². The highest BCUT2D eigenvalue weighted by molar-refractivity contribution is 5.78. The average molecular weight is 1980 g/mol. The number of ether oxygens (including phenoxy) is 11. The van der Waals surface area contributed by atoms with E-state index in [-0.39, 0.29) is 40.7 Å². The van der Waals surface area contributed by atoms with Gasteiger partial charge in [0, 0.05) is 56.9 Å². The molecule has 0 aliphatic rings. The summed E-state index contributed by atoms with van der Waals surface area (Å²) in [5.74, 6) is 6.92. The maximum atomic E-state index is 11.1. The summed E-state index contributed by atoms with van der Waals surface area (Å²) in [7, 11) is 11.1. The van der Waals surface area contributed by atoms with Crippen LogP contribution >= 0.6 is 0 Å². The van der Waals surface area contributed by atoms with Crippen molar-refractivity contribution in [2.24, 2.45) is 64.1 Å². The molecule has 0 aromatic rings. The van der Waals surface area contributed by atoms with E-state index in [1.165, 1.54) is 166 Å². The zero-order valence-corrected chi connectivity index (χ0v) is 95.4. The van der Waals surface area contributed by atoms with Crippen molar-refractivity contribution in [1.82, 2.24) is 47.9 Å². The van der Waals surface area contributed by atoms with Crippen molar-refractivity contribution in [1.29, 1.82) is 0 Å². The maximum Gasteiger partial charge on any atom is 0.508 e. The zero-order chi connectivity index (χ0) is 107. The van der Waals surface area contributed by atoms with Crippen LogP contribution in [0.2, 0.25) is 0 Å². The minimum Gasteiger partial charge on any atom is -0.469 e. The molecule has 828 valence electrons. The first kappa shape index (κ1) is 150. The van der Waals surface area contributed by atoms with Crippen molar-refractivity contribution < 1.29 is 95.3 Å². The van der Waals surface area contributed by atoms with Crippen molar-refractivity contribution in [3.05, 3.63) is 0 Å². The Hall–Kier alpha value is -5.53. The summed E-state index contributed by atoms with van der Waals surface area (Å²) in [5.41, 5.74) is 0.193. The summed E-state index contributed by atoms with van der Waals surface area (Å²) < 4.78 is 50.4. The van der Waals surface area contributed by atoms with E-state index in [1.54, 1.807) is 0 Å². The van der Waals surface area contributed by atoms with Crippen LogP contribution in [0, 0.1) is 64.1 Å². The lowest BCUT2D eigenvalue weighted by Gasteiger charge is -2.24. The molecule has 0 spiro atoms. The van der Waals surface area contributed by atoms with Gasteiger partial charge in [0.05, 0.1) is 63.5 Å². The molecule has 138 heavy (non-hydrogen) atoms. The minimum absolute atomic E-state index is 0.0146. The topological polar surface area (TPSA) is 363 Å². The standard InChI is InChI=1S/C15H31NO2.C14H29NO3.C13H27NO2.C12H25NO2.C12H25NO.C11H23NO3.2C11H23NO2.C10H21NO3/c1-13(2)7-6-11-16-12-10-15(3,4)9-8-14(17)18-5;1-12(2)7-6-9-15-10-8-14(3,4)11-18-13(16)17-5;1-12(2)8-7-11-14-10-6-4-5-9-13(15)16-3;1-11(2)7-6-10-13-9-5-4-8-12(14)15-3;1-4-12(14)8-6-10-13-9-5-7-11(2)3;1-10(2)6-4-7-12-8-5-9-15-11(13)14-3;2*1-10(2)6-4-8-12-9-5-7-11(13)14-3;1-9(2)5-4-6-11-7-8-14-10(12)13-3/h13,16H,6-12H2,1-5H3;12,15H,6-11H2,1-5H3;12,14H,4-11H2,1-3H3;11,13H,4-10H2,1-3H3;11,13H,4-10H2,1-3H3;10,12H,4-9H2,1-3H3;2*10,12H,4-9H2,1-3H3;9,11H,4-8H2,1-3H3. The van der Waals surface area contributed by atoms with E-state index in [9.17, 15) is 43.2 Å². The van der Waals surface area contributed by atoms with Gasteiger partial charge in [0.1, 0.15) is 19.0 Å². The van der Waals surface area contributed by atoms with Gasteiger partial charge in [-0.15, -0.1) is 0 Å². The van der Waals surface area contributed by atoms with Crippen LogP contribution < -0.4 is 47.9 Å². The summed E-state index contributed by atoms with van der Waals surface area (Å²) in [6, 6.07) is 0.